The summed E-state index contributed by atoms with van der Waals surface area (Å²) in [5.74, 6) is -0.909. The van der Waals surface area contributed by atoms with Gasteiger partial charge in [0.25, 0.3) is 0 Å². The number of carboxylic acid groups (broad SMARTS) is 1. The SMILES string of the molecule is Cc1cc(NC(=O)OCC2c3ccccc3-c3ccccc32)n2ncc(C(=O)O)c2n1. The van der Waals surface area contributed by atoms with E-state index in [4.69, 9.17) is 4.74 Å². The van der Waals surface area contributed by atoms with Crippen LogP contribution in [0.4, 0.5) is 10.6 Å². The quantitative estimate of drug-likeness (QED) is 0.521. The second-order valence-corrected chi connectivity index (χ2v) is 7.33. The smallest absolute Gasteiger partial charge is 0.412 e. The molecule has 0 bridgehead atoms. The van der Waals surface area contributed by atoms with Gasteiger partial charge in [0.1, 0.15) is 18.0 Å². The van der Waals surface area contributed by atoms with E-state index in [1.54, 1.807) is 13.0 Å². The number of carbonyl (C=O) groups is 2. The zero-order valence-corrected chi connectivity index (χ0v) is 16.6. The molecule has 0 saturated carbocycles. The number of hydrogen-bond donors (Lipinski definition) is 2. The van der Waals surface area contributed by atoms with Crippen LogP contribution in [-0.2, 0) is 4.74 Å². The highest BCUT2D eigenvalue weighted by molar-refractivity contribution is 5.95. The molecule has 1 aliphatic rings. The van der Waals surface area contributed by atoms with Gasteiger partial charge in [0.2, 0.25) is 0 Å². The molecule has 0 aliphatic heterocycles. The Kier molecular flexibility index (Phi) is 4.39. The predicted molar refractivity (Wildman–Crippen MR) is 113 cm³/mol. The van der Waals surface area contributed by atoms with Crippen molar-refractivity contribution in [2.45, 2.75) is 12.8 Å². The van der Waals surface area contributed by atoms with Crippen LogP contribution < -0.4 is 5.32 Å². The molecule has 4 aromatic rings. The van der Waals surface area contributed by atoms with Crippen molar-refractivity contribution in [1.29, 1.82) is 0 Å². The summed E-state index contributed by atoms with van der Waals surface area (Å²) in [6.45, 7) is 1.88. The minimum atomic E-state index is -1.14. The van der Waals surface area contributed by atoms with Gasteiger partial charge in [-0.1, -0.05) is 48.5 Å². The number of rotatable bonds is 4. The van der Waals surface area contributed by atoms with E-state index >= 15 is 0 Å². The average Bonchev–Trinajstić information content (AvgIpc) is 3.32. The summed E-state index contributed by atoms with van der Waals surface area (Å²) in [7, 11) is 0. The lowest BCUT2D eigenvalue weighted by molar-refractivity contribution is 0.0698. The highest BCUT2D eigenvalue weighted by Gasteiger charge is 2.29. The third-order valence-electron chi connectivity index (χ3n) is 5.40. The fourth-order valence-electron chi connectivity index (χ4n) is 4.06. The van der Waals surface area contributed by atoms with Crippen LogP contribution in [0.2, 0.25) is 0 Å². The zero-order valence-electron chi connectivity index (χ0n) is 16.6. The monoisotopic (exact) mass is 414 g/mol. The highest BCUT2D eigenvalue weighted by atomic mass is 16.5. The van der Waals surface area contributed by atoms with E-state index in [9.17, 15) is 14.7 Å². The maximum Gasteiger partial charge on any atom is 0.412 e. The van der Waals surface area contributed by atoms with Gasteiger partial charge in [-0.25, -0.2) is 14.6 Å². The number of anilines is 1. The molecular weight excluding hydrogens is 396 g/mol. The van der Waals surface area contributed by atoms with E-state index in [0.29, 0.717) is 5.69 Å². The third-order valence-corrected chi connectivity index (χ3v) is 5.40. The van der Waals surface area contributed by atoms with Crippen LogP contribution in [0.25, 0.3) is 16.8 Å². The van der Waals surface area contributed by atoms with Gasteiger partial charge in [-0.15, -0.1) is 0 Å². The number of aromatic nitrogens is 3. The first kappa shape index (κ1) is 18.8. The Labute approximate surface area is 177 Å². The van der Waals surface area contributed by atoms with E-state index in [0.717, 1.165) is 22.3 Å². The van der Waals surface area contributed by atoms with Gasteiger partial charge in [-0.05, 0) is 29.2 Å². The van der Waals surface area contributed by atoms with Gasteiger partial charge < -0.3 is 9.84 Å². The van der Waals surface area contributed by atoms with Crippen LogP contribution in [0.5, 0.6) is 0 Å². The number of aryl methyl sites for hydroxylation is 1. The average molecular weight is 414 g/mol. The lowest BCUT2D eigenvalue weighted by Gasteiger charge is -2.15. The maximum absolute atomic E-state index is 12.6. The Morgan fingerprint density at radius 3 is 2.39 bits per heavy atom. The van der Waals surface area contributed by atoms with Crippen LogP contribution in [0.15, 0.2) is 60.8 Å². The number of aromatic carboxylic acids is 1. The first-order valence-corrected chi connectivity index (χ1v) is 9.73. The summed E-state index contributed by atoms with van der Waals surface area (Å²) in [6, 6.07) is 17.8. The molecule has 0 saturated heterocycles. The summed E-state index contributed by atoms with van der Waals surface area (Å²) < 4.78 is 6.83. The predicted octanol–water partition coefficient (Wildman–Crippen LogP) is 4.10. The number of fused-ring (bicyclic) bond motifs is 4. The molecule has 31 heavy (non-hydrogen) atoms. The number of nitrogens with one attached hydrogen (secondary N) is 1. The second-order valence-electron chi connectivity index (χ2n) is 7.33. The van der Waals surface area contributed by atoms with Crippen LogP contribution in [0.1, 0.15) is 33.1 Å². The normalized spacial score (nSPS) is 12.4. The van der Waals surface area contributed by atoms with Crippen LogP contribution in [0, 0.1) is 6.92 Å². The van der Waals surface area contributed by atoms with Crippen LogP contribution in [0.3, 0.4) is 0 Å². The number of carbonyl (C=O) groups excluding carboxylic acids is 1. The van der Waals surface area contributed by atoms with Gasteiger partial charge >= 0.3 is 12.1 Å². The molecule has 8 nitrogen and oxygen atoms in total. The minimum Gasteiger partial charge on any atom is -0.477 e. The fraction of sp³-hybridized carbons (Fsp3) is 0.130. The molecule has 1 aliphatic carbocycles. The largest absolute Gasteiger partial charge is 0.477 e. The van der Waals surface area contributed by atoms with Crippen molar-refractivity contribution in [2.24, 2.45) is 0 Å². The van der Waals surface area contributed by atoms with Crippen molar-refractivity contribution < 1.29 is 19.4 Å². The molecular formula is C23H18N4O4. The minimum absolute atomic E-state index is 0.0423. The van der Waals surface area contributed by atoms with E-state index in [2.05, 4.69) is 27.5 Å². The number of carboxylic acids is 1. The number of nitrogens with zero attached hydrogens (tertiary/aromatic N) is 3. The van der Waals surface area contributed by atoms with Crippen molar-refractivity contribution in [1.82, 2.24) is 14.6 Å². The molecule has 0 fully saturated rings. The molecule has 5 rings (SSSR count). The lowest BCUT2D eigenvalue weighted by Crippen LogP contribution is -2.20. The van der Waals surface area contributed by atoms with Crippen LogP contribution in [-0.4, -0.2) is 38.4 Å². The molecule has 0 radical (unpaired) electrons. The summed E-state index contributed by atoms with van der Waals surface area (Å²) in [6.07, 6.45) is 0.550. The molecule has 0 atom stereocenters. The van der Waals surface area contributed by atoms with Gasteiger partial charge in [0, 0.05) is 17.7 Å². The lowest BCUT2D eigenvalue weighted by atomic mass is 9.98. The Hall–Kier alpha value is -4.20. The third kappa shape index (κ3) is 3.18. The van der Waals surface area contributed by atoms with E-state index in [1.165, 1.54) is 10.7 Å². The van der Waals surface area contributed by atoms with Crippen molar-refractivity contribution in [3.8, 4) is 11.1 Å². The number of hydrogen-bond acceptors (Lipinski definition) is 5. The molecule has 2 aromatic carbocycles. The first-order valence-electron chi connectivity index (χ1n) is 9.73. The molecule has 2 heterocycles. The van der Waals surface area contributed by atoms with E-state index in [1.807, 2.05) is 36.4 Å². The van der Waals surface area contributed by atoms with Crippen LogP contribution >= 0.6 is 0 Å². The van der Waals surface area contributed by atoms with Gasteiger partial charge in [-0.2, -0.15) is 9.61 Å². The molecule has 2 N–H and O–H groups in total. The molecule has 2 aromatic heterocycles. The standard InChI is InChI=1S/C23H18N4O4/c1-13-10-20(27-21(25-13)18(11-24-27)22(28)29)26-23(30)31-12-19-16-8-4-2-6-14(16)15-7-3-5-9-17(15)19/h2-11,19H,12H2,1H3,(H,26,30)(H,28,29). The summed E-state index contributed by atoms with van der Waals surface area (Å²) in [5.41, 5.74) is 5.20. The summed E-state index contributed by atoms with van der Waals surface area (Å²) in [4.78, 5) is 28.2. The van der Waals surface area contributed by atoms with Crippen molar-refractivity contribution >= 4 is 23.5 Å². The van der Waals surface area contributed by atoms with E-state index < -0.39 is 12.1 Å². The van der Waals surface area contributed by atoms with Gasteiger partial charge in [-0.3, -0.25) is 5.32 Å². The molecule has 0 spiro atoms. The zero-order chi connectivity index (χ0) is 21.5. The molecule has 0 unspecified atom stereocenters. The maximum atomic E-state index is 12.6. The summed E-state index contributed by atoms with van der Waals surface area (Å²) >= 11 is 0. The Morgan fingerprint density at radius 2 is 1.74 bits per heavy atom. The number of ether oxygens (including phenoxy) is 1. The number of amides is 1. The fourth-order valence-corrected chi connectivity index (χ4v) is 4.06. The summed E-state index contributed by atoms with van der Waals surface area (Å²) in [5, 5.41) is 16.0. The van der Waals surface area contributed by atoms with Gasteiger partial charge in [0.15, 0.2) is 5.65 Å². The van der Waals surface area contributed by atoms with Gasteiger partial charge in [0.05, 0.1) is 6.20 Å². The first-order chi connectivity index (χ1) is 15.0. The van der Waals surface area contributed by atoms with Crippen molar-refractivity contribution in [3.05, 3.63) is 83.2 Å². The molecule has 154 valence electrons. The Balaban J connectivity index is 1.37. The Bertz CT molecular complexity index is 1300. The Morgan fingerprint density at radius 1 is 1.10 bits per heavy atom. The van der Waals surface area contributed by atoms with Crippen molar-refractivity contribution in [2.75, 3.05) is 11.9 Å². The highest BCUT2D eigenvalue weighted by Crippen LogP contribution is 2.44. The molecule has 1 amide bonds. The van der Waals surface area contributed by atoms with E-state index in [-0.39, 0.29) is 29.6 Å². The topological polar surface area (TPSA) is 106 Å². The van der Waals surface area contributed by atoms with Crippen molar-refractivity contribution in [3.63, 3.8) is 0 Å². The number of benzene rings is 2. The second kappa shape index (κ2) is 7.24. The molecule has 8 heteroatoms.